The number of anilines is 1. The molecular formula is C14H17N3O3. The zero-order valence-electron chi connectivity index (χ0n) is 11.5. The minimum Gasteiger partial charge on any atom is -0.492 e. The molecular weight excluding hydrogens is 258 g/mol. The van der Waals surface area contributed by atoms with Crippen molar-refractivity contribution in [1.82, 2.24) is 9.78 Å². The third kappa shape index (κ3) is 3.50. The zero-order valence-corrected chi connectivity index (χ0v) is 11.5. The topological polar surface area (TPSA) is 76.4 Å². The van der Waals surface area contributed by atoms with Gasteiger partial charge in [0, 0.05) is 19.8 Å². The highest BCUT2D eigenvalue weighted by molar-refractivity contribution is 5.87. The predicted octanol–water partition coefficient (Wildman–Crippen LogP) is 1.92. The molecule has 0 bridgehead atoms. The molecule has 0 aliphatic carbocycles. The molecule has 1 aromatic heterocycles. The number of hydrogen-bond donors (Lipinski definition) is 2. The fourth-order valence-electron chi connectivity index (χ4n) is 1.82. The van der Waals surface area contributed by atoms with Gasteiger partial charge in [-0.25, -0.2) is 4.79 Å². The molecule has 6 nitrogen and oxygen atoms in total. The summed E-state index contributed by atoms with van der Waals surface area (Å²) in [5.41, 5.74) is 2.18. The Bertz CT molecular complexity index is 590. The predicted molar refractivity (Wildman–Crippen MR) is 75.3 cm³/mol. The van der Waals surface area contributed by atoms with Crippen molar-refractivity contribution in [3.63, 3.8) is 0 Å². The van der Waals surface area contributed by atoms with Gasteiger partial charge in [0.2, 0.25) is 0 Å². The van der Waals surface area contributed by atoms with E-state index in [0.29, 0.717) is 18.9 Å². The summed E-state index contributed by atoms with van der Waals surface area (Å²) in [5.74, 6) is -0.287. The maximum atomic E-state index is 10.7. The van der Waals surface area contributed by atoms with Gasteiger partial charge in [-0.15, -0.1) is 0 Å². The SMILES string of the molecule is Cc1nn(C)cc1NCCOc1ccc(C(=O)O)cc1. The molecule has 0 atom stereocenters. The molecule has 0 saturated heterocycles. The van der Waals surface area contributed by atoms with Crippen LogP contribution in [0.15, 0.2) is 30.5 Å². The fraction of sp³-hybridized carbons (Fsp3) is 0.286. The van der Waals surface area contributed by atoms with Crippen LogP contribution in [0.25, 0.3) is 0 Å². The van der Waals surface area contributed by atoms with E-state index < -0.39 is 5.97 Å². The van der Waals surface area contributed by atoms with Crippen LogP contribution in [-0.2, 0) is 7.05 Å². The van der Waals surface area contributed by atoms with Gasteiger partial charge in [0.15, 0.2) is 0 Å². The minimum atomic E-state index is -0.940. The molecule has 0 aliphatic rings. The van der Waals surface area contributed by atoms with Crippen LogP contribution in [0, 0.1) is 6.92 Å². The second-order valence-electron chi connectivity index (χ2n) is 4.41. The Labute approximate surface area is 117 Å². The summed E-state index contributed by atoms with van der Waals surface area (Å²) in [6.07, 6.45) is 1.91. The van der Waals surface area contributed by atoms with E-state index in [2.05, 4.69) is 10.4 Å². The molecule has 0 radical (unpaired) electrons. The van der Waals surface area contributed by atoms with Gasteiger partial charge in [-0.1, -0.05) is 0 Å². The molecule has 2 aromatic rings. The highest BCUT2D eigenvalue weighted by Crippen LogP contribution is 2.13. The maximum absolute atomic E-state index is 10.7. The first kappa shape index (κ1) is 13.9. The maximum Gasteiger partial charge on any atom is 0.335 e. The van der Waals surface area contributed by atoms with Gasteiger partial charge in [0.1, 0.15) is 12.4 Å². The molecule has 2 rings (SSSR count). The summed E-state index contributed by atoms with van der Waals surface area (Å²) >= 11 is 0. The number of nitrogens with one attached hydrogen (secondary N) is 1. The first-order valence-electron chi connectivity index (χ1n) is 6.26. The highest BCUT2D eigenvalue weighted by Gasteiger charge is 2.03. The lowest BCUT2D eigenvalue weighted by Crippen LogP contribution is -2.11. The summed E-state index contributed by atoms with van der Waals surface area (Å²) in [4.78, 5) is 10.7. The first-order chi connectivity index (χ1) is 9.56. The Morgan fingerprint density at radius 2 is 2.10 bits per heavy atom. The van der Waals surface area contributed by atoms with E-state index >= 15 is 0 Å². The number of benzene rings is 1. The van der Waals surface area contributed by atoms with Gasteiger partial charge in [0.25, 0.3) is 0 Å². The lowest BCUT2D eigenvalue weighted by molar-refractivity contribution is 0.0697. The molecule has 0 unspecified atom stereocenters. The van der Waals surface area contributed by atoms with Gasteiger partial charge >= 0.3 is 5.97 Å². The number of rotatable bonds is 6. The van der Waals surface area contributed by atoms with E-state index in [1.165, 1.54) is 12.1 Å². The third-order valence-corrected chi connectivity index (χ3v) is 2.80. The molecule has 0 amide bonds. The second-order valence-corrected chi connectivity index (χ2v) is 4.41. The van der Waals surface area contributed by atoms with E-state index in [4.69, 9.17) is 9.84 Å². The van der Waals surface area contributed by atoms with Crippen molar-refractivity contribution in [2.45, 2.75) is 6.92 Å². The van der Waals surface area contributed by atoms with Gasteiger partial charge in [0.05, 0.1) is 16.9 Å². The number of nitrogens with zero attached hydrogens (tertiary/aromatic N) is 2. The smallest absolute Gasteiger partial charge is 0.335 e. The summed E-state index contributed by atoms with van der Waals surface area (Å²) in [6.45, 7) is 3.07. The Hall–Kier alpha value is -2.50. The zero-order chi connectivity index (χ0) is 14.5. The van der Waals surface area contributed by atoms with Gasteiger partial charge in [-0.2, -0.15) is 5.10 Å². The summed E-state index contributed by atoms with van der Waals surface area (Å²) in [7, 11) is 1.87. The number of carbonyl (C=O) groups is 1. The Balaban J connectivity index is 1.78. The number of carboxylic acids is 1. The van der Waals surface area contributed by atoms with E-state index in [0.717, 1.165) is 11.4 Å². The van der Waals surface area contributed by atoms with Gasteiger partial charge in [-0.05, 0) is 31.2 Å². The number of carboxylic acid groups (broad SMARTS) is 1. The van der Waals surface area contributed by atoms with Crippen LogP contribution < -0.4 is 10.1 Å². The van der Waals surface area contributed by atoms with Crippen molar-refractivity contribution < 1.29 is 14.6 Å². The molecule has 0 spiro atoms. The van der Waals surface area contributed by atoms with Gasteiger partial charge in [-0.3, -0.25) is 4.68 Å². The molecule has 0 aliphatic heterocycles. The molecule has 106 valence electrons. The third-order valence-electron chi connectivity index (χ3n) is 2.80. The lowest BCUT2D eigenvalue weighted by Gasteiger charge is -2.08. The molecule has 1 aromatic carbocycles. The van der Waals surface area contributed by atoms with Crippen molar-refractivity contribution >= 4 is 11.7 Å². The van der Waals surface area contributed by atoms with E-state index in [1.54, 1.807) is 16.8 Å². The molecule has 0 fully saturated rings. The van der Waals surface area contributed by atoms with Crippen LogP contribution in [0.2, 0.25) is 0 Å². The first-order valence-corrected chi connectivity index (χ1v) is 6.26. The normalized spacial score (nSPS) is 10.3. The number of aryl methyl sites for hydroxylation is 2. The average Bonchev–Trinajstić information content (AvgIpc) is 2.73. The Morgan fingerprint density at radius 3 is 2.65 bits per heavy atom. The van der Waals surface area contributed by atoms with E-state index in [-0.39, 0.29) is 5.56 Å². The van der Waals surface area contributed by atoms with Crippen LogP contribution in [0.1, 0.15) is 16.1 Å². The number of ether oxygens (including phenoxy) is 1. The van der Waals surface area contributed by atoms with E-state index in [9.17, 15) is 4.79 Å². The quantitative estimate of drug-likeness (QED) is 0.788. The van der Waals surface area contributed by atoms with Crippen LogP contribution >= 0.6 is 0 Å². The molecule has 0 saturated carbocycles. The van der Waals surface area contributed by atoms with Crippen LogP contribution in [0.3, 0.4) is 0 Å². The number of aromatic carboxylic acids is 1. The average molecular weight is 275 g/mol. The molecule has 1 heterocycles. The van der Waals surface area contributed by atoms with Crippen molar-refractivity contribution in [3.8, 4) is 5.75 Å². The number of aromatic nitrogens is 2. The molecule has 20 heavy (non-hydrogen) atoms. The fourth-order valence-corrected chi connectivity index (χ4v) is 1.82. The molecule has 2 N–H and O–H groups in total. The van der Waals surface area contributed by atoms with Gasteiger partial charge < -0.3 is 15.2 Å². The second kappa shape index (κ2) is 6.10. The lowest BCUT2D eigenvalue weighted by atomic mass is 10.2. The summed E-state index contributed by atoms with van der Waals surface area (Å²) in [6, 6.07) is 6.35. The molecule has 6 heteroatoms. The van der Waals surface area contributed by atoms with Crippen LogP contribution in [-0.4, -0.2) is 34.0 Å². The number of hydrogen-bond acceptors (Lipinski definition) is 4. The highest BCUT2D eigenvalue weighted by atomic mass is 16.5. The van der Waals surface area contributed by atoms with Crippen LogP contribution in [0.5, 0.6) is 5.75 Å². The summed E-state index contributed by atoms with van der Waals surface area (Å²) in [5, 5.41) is 16.2. The van der Waals surface area contributed by atoms with Crippen molar-refractivity contribution in [3.05, 3.63) is 41.7 Å². The van der Waals surface area contributed by atoms with Crippen molar-refractivity contribution in [1.29, 1.82) is 0 Å². The Morgan fingerprint density at radius 1 is 1.40 bits per heavy atom. The van der Waals surface area contributed by atoms with E-state index in [1.807, 2.05) is 20.2 Å². The van der Waals surface area contributed by atoms with Crippen molar-refractivity contribution in [2.75, 3.05) is 18.5 Å². The largest absolute Gasteiger partial charge is 0.492 e. The van der Waals surface area contributed by atoms with Crippen LogP contribution in [0.4, 0.5) is 5.69 Å². The standard InChI is InChI=1S/C14H17N3O3/c1-10-13(9-17(2)16-10)15-7-8-20-12-5-3-11(4-6-12)14(18)19/h3-6,9,15H,7-8H2,1-2H3,(H,18,19). The monoisotopic (exact) mass is 275 g/mol. The summed E-state index contributed by atoms with van der Waals surface area (Å²) < 4.78 is 7.28. The van der Waals surface area contributed by atoms with Crippen molar-refractivity contribution in [2.24, 2.45) is 7.05 Å². The minimum absolute atomic E-state index is 0.251. The Kier molecular flexibility index (Phi) is 4.24.